The molecule has 0 radical (unpaired) electrons. The van der Waals surface area contributed by atoms with E-state index in [1.807, 2.05) is 6.92 Å². The van der Waals surface area contributed by atoms with E-state index in [0.717, 1.165) is 6.26 Å². The summed E-state index contributed by atoms with van der Waals surface area (Å²) >= 11 is 0. The molecule has 0 N–H and O–H groups in total. The number of hydrogen-bond acceptors (Lipinski definition) is 4. The van der Waals surface area contributed by atoms with Gasteiger partial charge in [-0.1, -0.05) is 12.1 Å². The number of carbonyl (C=O) groups is 1. The Morgan fingerprint density at radius 2 is 1.83 bits per heavy atom. The van der Waals surface area contributed by atoms with Gasteiger partial charge in [0.15, 0.2) is 15.6 Å². The lowest BCUT2D eigenvalue weighted by atomic mass is 9.99. The van der Waals surface area contributed by atoms with Gasteiger partial charge < -0.3 is 4.74 Å². The Hall–Kier alpha value is -1.36. The van der Waals surface area contributed by atoms with E-state index < -0.39 is 20.4 Å². The highest BCUT2D eigenvalue weighted by atomic mass is 32.2. The van der Waals surface area contributed by atoms with E-state index in [2.05, 4.69) is 0 Å². The van der Waals surface area contributed by atoms with E-state index in [9.17, 15) is 13.2 Å². The molecule has 0 fully saturated rings. The molecule has 0 atom stereocenters. The Bertz CT molecular complexity index is 544. The standard InChI is InChI=1S/C13H18O4S/c1-5-17-11-9-7-6-8-10(11)12(14)13(2,3)18(4,15)16/h6-9H,5H2,1-4H3. The van der Waals surface area contributed by atoms with E-state index in [4.69, 9.17) is 4.74 Å². The summed E-state index contributed by atoms with van der Waals surface area (Å²) in [6.07, 6.45) is 1.06. The van der Waals surface area contributed by atoms with Gasteiger partial charge in [0, 0.05) is 6.26 Å². The van der Waals surface area contributed by atoms with Crippen LogP contribution in [0, 0.1) is 0 Å². The Morgan fingerprint density at radius 3 is 2.33 bits per heavy atom. The molecule has 0 aliphatic carbocycles. The predicted octanol–water partition coefficient (Wildman–Crippen LogP) is 2.09. The van der Waals surface area contributed by atoms with Crippen molar-refractivity contribution in [2.75, 3.05) is 12.9 Å². The van der Waals surface area contributed by atoms with Crippen LogP contribution in [0.4, 0.5) is 0 Å². The van der Waals surface area contributed by atoms with Gasteiger partial charge in [-0.15, -0.1) is 0 Å². The normalized spacial score (nSPS) is 12.2. The molecule has 0 amide bonds. The van der Waals surface area contributed by atoms with Gasteiger partial charge in [0.25, 0.3) is 0 Å². The maximum atomic E-state index is 12.3. The molecule has 18 heavy (non-hydrogen) atoms. The van der Waals surface area contributed by atoms with Crippen molar-refractivity contribution in [2.24, 2.45) is 0 Å². The van der Waals surface area contributed by atoms with Crippen molar-refractivity contribution in [2.45, 2.75) is 25.5 Å². The number of ether oxygens (including phenoxy) is 1. The fraction of sp³-hybridized carbons (Fsp3) is 0.462. The smallest absolute Gasteiger partial charge is 0.187 e. The van der Waals surface area contributed by atoms with Crippen LogP contribution in [0.25, 0.3) is 0 Å². The molecule has 0 unspecified atom stereocenters. The maximum Gasteiger partial charge on any atom is 0.187 e. The van der Waals surface area contributed by atoms with Gasteiger partial charge in [-0.2, -0.15) is 0 Å². The Labute approximate surface area is 108 Å². The van der Waals surface area contributed by atoms with Crippen LogP contribution in [0.1, 0.15) is 31.1 Å². The molecule has 100 valence electrons. The van der Waals surface area contributed by atoms with Crippen LogP contribution in [-0.4, -0.2) is 31.8 Å². The second-order valence-corrected chi connectivity index (χ2v) is 7.11. The van der Waals surface area contributed by atoms with Crippen molar-refractivity contribution in [3.05, 3.63) is 29.8 Å². The number of Topliss-reactive ketones (excluding diaryl/α,β-unsaturated/α-hetero) is 1. The molecule has 0 saturated carbocycles. The molecule has 1 aromatic carbocycles. The summed E-state index contributed by atoms with van der Waals surface area (Å²) in [7, 11) is -3.49. The number of rotatable bonds is 5. The van der Waals surface area contributed by atoms with Gasteiger partial charge in [0.05, 0.1) is 12.2 Å². The first-order valence-corrected chi connectivity index (χ1v) is 7.57. The van der Waals surface area contributed by atoms with Crippen molar-refractivity contribution in [1.82, 2.24) is 0 Å². The minimum Gasteiger partial charge on any atom is -0.493 e. The van der Waals surface area contributed by atoms with Crippen LogP contribution < -0.4 is 4.74 Å². The quantitative estimate of drug-likeness (QED) is 0.769. The second-order valence-electron chi connectivity index (χ2n) is 4.54. The zero-order chi connectivity index (χ0) is 14.0. The molecule has 0 aliphatic heterocycles. The van der Waals surface area contributed by atoms with Gasteiger partial charge in [0.1, 0.15) is 10.5 Å². The topological polar surface area (TPSA) is 60.4 Å². The highest BCUT2D eigenvalue weighted by molar-refractivity contribution is 7.92. The molecule has 4 nitrogen and oxygen atoms in total. The third kappa shape index (κ3) is 2.72. The molecule has 0 saturated heterocycles. The SMILES string of the molecule is CCOc1ccccc1C(=O)C(C)(C)S(C)(=O)=O. The summed E-state index contributed by atoms with van der Waals surface area (Å²) in [6, 6.07) is 6.68. The summed E-state index contributed by atoms with van der Waals surface area (Å²) in [4.78, 5) is 12.3. The van der Waals surface area contributed by atoms with Crippen LogP contribution >= 0.6 is 0 Å². The molecular weight excluding hydrogens is 252 g/mol. The largest absolute Gasteiger partial charge is 0.493 e. The van der Waals surface area contributed by atoms with Gasteiger partial charge in [-0.05, 0) is 32.9 Å². The van der Waals surface area contributed by atoms with E-state index in [1.54, 1.807) is 24.3 Å². The third-order valence-corrected chi connectivity index (χ3v) is 4.94. The molecule has 0 aliphatic rings. The number of sulfone groups is 1. The van der Waals surface area contributed by atoms with Crippen LogP contribution in [0.2, 0.25) is 0 Å². The highest BCUT2D eigenvalue weighted by Crippen LogP contribution is 2.27. The maximum absolute atomic E-state index is 12.3. The van der Waals surface area contributed by atoms with E-state index in [1.165, 1.54) is 13.8 Å². The second kappa shape index (κ2) is 5.10. The summed E-state index contributed by atoms with van der Waals surface area (Å²) in [6.45, 7) is 5.05. The summed E-state index contributed by atoms with van der Waals surface area (Å²) in [5.41, 5.74) is 0.301. The van der Waals surface area contributed by atoms with Crippen molar-refractivity contribution < 1.29 is 17.9 Å². The minimum absolute atomic E-state index is 0.301. The van der Waals surface area contributed by atoms with Crippen molar-refractivity contribution in [3.63, 3.8) is 0 Å². The zero-order valence-electron chi connectivity index (χ0n) is 11.1. The fourth-order valence-electron chi connectivity index (χ4n) is 1.43. The summed E-state index contributed by atoms with van der Waals surface area (Å²) in [5, 5.41) is 0. The lowest BCUT2D eigenvalue weighted by Crippen LogP contribution is -2.40. The molecule has 0 bridgehead atoms. The summed E-state index contributed by atoms with van der Waals surface area (Å²) < 4.78 is 27.2. The first-order valence-electron chi connectivity index (χ1n) is 5.68. The molecule has 0 aromatic heterocycles. The number of carbonyl (C=O) groups excluding carboxylic acids is 1. The molecule has 1 rings (SSSR count). The summed E-state index contributed by atoms with van der Waals surface area (Å²) in [5.74, 6) is -0.0317. The average molecular weight is 270 g/mol. The first-order chi connectivity index (χ1) is 8.21. The van der Waals surface area contributed by atoms with Crippen molar-refractivity contribution >= 4 is 15.6 Å². The monoisotopic (exact) mass is 270 g/mol. The Kier molecular flexibility index (Phi) is 4.16. The molecule has 1 aromatic rings. The van der Waals surface area contributed by atoms with Crippen LogP contribution in [0.5, 0.6) is 5.75 Å². The van der Waals surface area contributed by atoms with Gasteiger partial charge >= 0.3 is 0 Å². The van der Waals surface area contributed by atoms with E-state index in [0.29, 0.717) is 17.9 Å². The lowest BCUT2D eigenvalue weighted by Gasteiger charge is -2.22. The van der Waals surface area contributed by atoms with Crippen LogP contribution in [0.3, 0.4) is 0 Å². The number of hydrogen-bond donors (Lipinski definition) is 0. The van der Waals surface area contributed by atoms with Gasteiger partial charge in [-0.25, -0.2) is 8.42 Å². The van der Waals surface area contributed by atoms with Crippen molar-refractivity contribution in [1.29, 1.82) is 0 Å². The van der Waals surface area contributed by atoms with E-state index >= 15 is 0 Å². The van der Waals surface area contributed by atoms with Crippen LogP contribution in [0.15, 0.2) is 24.3 Å². The molecular formula is C13H18O4S. The van der Waals surface area contributed by atoms with E-state index in [-0.39, 0.29) is 0 Å². The number of benzene rings is 1. The Balaban J connectivity index is 3.28. The van der Waals surface area contributed by atoms with Crippen LogP contribution in [-0.2, 0) is 9.84 Å². The fourth-order valence-corrected chi connectivity index (χ4v) is 1.88. The van der Waals surface area contributed by atoms with Crippen molar-refractivity contribution in [3.8, 4) is 5.75 Å². The molecule has 0 spiro atoms. The third-order valence-electron chi connectivity index (χ3n) is 2.91. The highest BCUT2D eigenvalue weighted by Gasteiger charge is 2.39. The van der Waals surface area contributed by atoms with Gasteiger partial charge in [0.2, 0.25) is 0 Å². The number of ketones is 1. The molecule has 0 heterocycles. The average Bonchev–Trinajstić information content (AvgIpc) is 2.28. The lowest BCUT2D eigenvalue weighted by molar-refractivity contribution is 0.0950. The predicted molar refractivity (Wildman–Crippen MR) is 70.9 cm³/mol. The zero-order valence-corrected chi connectivity index (χ0v) is 11.9. The first kappa shape index (κ1) is 14.7. The van der Waals surface area contributed by atoms with Gasteiger partial charge in [-0.3, -0.25) is 4.79 Å². The minimum atomic E-state index is -3.49. The number of para-hydroxylation sites is 1. The molecule has 5 heteroatoms. The Morgan fingerprint density at radius 1 is 1.28 bits per heavy atom.